The summed E-state index contributed by atoms with van der Waals surface area (Å²) in [7, 11) is 0.00667. The van der Waals surface area contributed by atoms with Gasteiger partial charge in [0.25, 0.3) is 0 Å². The van der Waals surface area contributed by atoms with E-state index in [4.69, 9.17) is 20.6 Å². The SMILES string of the molecule is CCCS(=O)Nc1cc(-c2cnc(N)c(C(=N)C3COC3)c2)cc(F)c1OC. The van der Waals surface area contributed by atoms with E-state index in [1.165, 1.54) is 19.4 Å². The van der Waals surface area contributed by atoms with Crippen molar-refractivity contribution in [2.45, 2.75) is 13.3 Å². The van der Waals surface area contributed by atoms with Crippen molar-refractivity contribution in [3.63, 3.8) is 0 Å². The molecule has 150 valence electrons. The minimum atomic E-state index is -1.35. The van der Waals surface area contributed by atoms with Crippen LogP contribution >= 0.6 is 0 Å². The molecule has 1 aliphatic heterocycles. The summed E-state index contributed by atoms with van der Waals surface area (Å²) >= 11 is 0. The molecule has 1 unspecified atom stereocenters. The molecule has 0 aliphatic carbocycles. The Morgan fingerprint density at radius 2 is 2.18 bits per heavy atom. The van der Waals surface area contributed by atoms with Crippen LogP contribution in [0.2, 0.25) is 0 Å². The maximum atomic E-state index is 14.6. The molecule has 2 aromatic rings. The first-order valence-electron chi connectivity index (χ1n) is 8.89. The lowest BCUT2D eigenvalue weighted by molar-refractivity contribution is 0.00183. The molecular weight excluding hydrogens is 383 g/mol. The second-order valence-electron chi connectivity index (χ2n) is 6.50. The Labute approximate surface area is 165 Å². The molecule has 4 N–H and O–H groups in total. The van der Waals surface area contributed by atoms with Gasteiger partial charge < -0.3 is 25.3 Å². The highest BCUT2D eigenvalue weighted by atomic mass is 32.2. The lowest BCUT2D eigenvalue weighted by Crippen LogP contribution is -2.35. The van der Waals surface area contributed by atoms with Crippen molar-refractivity contribution in [3.05, 3.63) is 35.8 Å². The first-order chi connectivity index (χ1) is 13.4. The van der Waals surface area contributed by atoms with E-state index in [9.17, 15) is 8.60 Å². The van der Waals surface area contributed by atoms with Crippen molar-refractivity contribution in [3.8, 4) is 16.9 Å². The average molecular weight is 406 g/mol. The van der Waals surface area contributed by atoms with Crippen LogP contribution in [0.5, 0.6) is 5.75 Å². The van der Waals surface area contributed by atoms with E-state index in [2.05, 4.69) is 9.71 Å². The molecule has 9 heteroatoms. The van der Waals surface area contributed by atoms with Crippen molar-refractivity contribution in [2.75, 3.05) is 36.5 Å². The molecule has 0 spiro atoms. The van der Waals surface area contributed by atoms with Crippen LogP contribution in [0.15, 0.2) is 24.4 Å². The van der Waals surface area contributed by atoms with Gasteiger partial charge in [0.05, 0.1) is 26.0 Å². The van der Waals surface area contributed by atoms with Crippen molar-refractivity contribution >= 4 is 28.2 Å². The van der Waals surface area contributed by atoms with Gasteiger partial charge in [0.1, 0.15) is 16.8 Å². The summed E-state index contributed by atoms with van der Waals surface area (Å²) in [5.41, 5.74) is 8.22. The molecule has 28 heavy (non-hydrogen) atoms. The molecule has 1 fully saturated rings. The lowest BCUT2D eigenvalue weighted by atomic mass is 9.93. The summed E-state index contributed by atoms with van der Waals surface area (Å²) < 4.78 is 39.8. The number of hydrogen-bond acceptors (Lipinski definition) is 6. The minimum Gasteiger partial charge on any atom is -0.492 e. The van der Waals surface area contributed by atoms with E-state index in [0.29, 0.717) is 47.1 Å². The maximum absolute atomic E-state index is 14.6. The molecule has 1 atom stereocenters. The number of methoxy groups -OCH3 is 1. The summed E-state index contributed by atoms with van der Waals surface area (Å²) in [6.07, 6.45) is 2.25. The summed E-state index contributed by atoms with van der Waals surface area (Å²) in [6, 6.07) is 4.69. The van der Waals surface area contributed by atoms with Crippen LogP contribution in [-0.2, 0) is 15.7 Å². The van der Waals surface area contributed by atoms with Gasteiger partial charge in [-0.1, -0.05) is 6.92 Å². The number of halogens is 1. The van der Waals surface area contributed by atoms with Gasteiger partial charge in [-0.2, -0.15) is 0 Å². The number of ether oxygens (including phenoxy) is 2. The molecule has 1 saturated heterocycles. The molecule has 1 aromatic carbocycles. The van der Waals surface area contributed by atoms with E-state index in [-0.39, 0.29) is 17.5 Å². The molecule has 2 heterocycles. The average Bonchev–Trinajstić information content (AvgIpc) is 2.60. The molecule has 0 amide bonds. The Morgan fingerprint density at radius 3 is 2.79 bits per heavy atom. The number of nitrogens with zero attached hydrogens (tertiary/aromatic N) is 1. The summed E-state index contributed by atoms with van der Waals surface area (Å²) in [5.74, 6) is 0.0779. The third-order valence-electron chi connectivity index (χ3n) is 4.45. The molecule has 0 bridgehead atoms. The zero-order chi connectivity index (χ0) is 20.3. The van der Waals surface area contributed by atoms with E-state index < -0.39 is 16.8 Å². The second-order valence-corrected chi connectivity index (χ2v) is 7.80. The number of nitrogen functional groups attached to an aromatic ring is 1. The predicted octanol–water partition coefficient (Wildman–Crippen LogP) is 2.98. The largest absolute Gasteiger partial charge is 0.492 e. The molecule has 1 aliphatic rings. The molecule has 1 aromatic heterocycles. The number of aromatic nitrogens is 1. The fourth-order valence-corrected chi connectivity index (χ4v) is 3.74. The van der Waals surface area contributed by atoms with Crippen LogP contribution in [-0.4, -0.2) is 41.0 Å². The van der Waals surface area contributed by atoms with Gasteiger partial charge in [-0.3, -0.25) is 0 Å². The van der Waals surface area contributed by atoms with Gasteiger partial charge in [-0.15, -0.1) is 0 Å². The van der Waals surface area contributed by atoms with Crippen LogP contribution < -0.4 is 15.2 Å². The third kappa shape index (κ3) is 4.15. The number of hydrogen-bond donors (Lipinski definition) is 3. The predicted molar refractivity (Wildman–Crippen MR) is 109 cm³/mol. The number of benzene rings is 1. The number of nitrogens with two attached hydrogens (primary N) is 1. The zero-order valence-electron chi connectivity index (χ0n) is 15.8. The fraction of sp³-hybridized carbons (Fsp3) is 0.368. The van der Waals surface area contributed by atoms with Gasteiger partial charge in [-0.25, -0.2) is 13.6 Å². The van der Waals surface area contributed by atoms with Gasteiger partial charge in [0.2, 0.25) is 0 Å². The Balaban J connectivity index is 1.99. The molecule has 7 nitrogen and oxygen atoms in total. The Hall–Kier alpha value is -2.52. The molecular formula is C19H23FN4O3S. The Kier molecular flexibility index (Phi) is 6.25. The third-order valence-corrected chi connectivity index (χ3v) is 5.68. The normalized spacial score (nSPS) is 15.0. The maximum Gasteiger partial charge on any atom is 0.178 e. The summed E-state index contributed by atoms with van der Waals surface area (Å²) in [4.78, 5) is 4.17. The van der Waals surface area contributed by atoms with Crippen LogP contribution in [0.4, 0.5) is 15.9 Å². The second kappa shape index (κ2) is 8.66. The Morgan fingerprint density at radius 1 is 1.43 bits per heavy atom. The summed E-state index contributed by atoms with van der Waals surface area (Å²) in [6.45, 7) is 2.88. The van der Waals surface area contributed by atoms with E-state index in [1.54, 1.807) is 12.1 Å². The number of pyridine rings is 1. The van der Waals surface area contributed by atoms with E-state index >= 15 is 0 Å². The van der Waals surface area contributed by atoms with Gasteiger partial charge >= 0.3 is 0 Å². The number of anilines is 2. The highest BCUT2D eigenvalue weighted by Gasteiger charge is 2.26. The molecule has 0 radical (unpaired) electrons. The van der Waals surface area contributed by atoms with Crippen LogP contribution in [0.1, 0.15) is 18.9 Å². The van der Waals surface area contributed by atoms with Gasteiger partial charge in [-0.05, 0) is 30.2 Å². The quantitative estimate of drug-likeness (QED) is 0.584. The highest BCUT2D eigenvalue weighted by Crippen LogP contribution is 2.35. The van der Waals surface area contributed by atoms with Gasteiger partial charge in [0, 0.05) is 34.7 Å². The van der Waals surface area contributed by atoms with Crippen molar-refractivity contribution in [2.24, 2.45) is 5.92 Å². The standard InChI is InChI=1S/C19H23FN4O3S/c1-3-4-28(25)24-16-7-11(6-15(20)18(16)26-2)12-5-14(19(22)23-8-12)17(21)13-9-27-10-13/h5-8,13,21,24H,3-4,9-10H2,1-2H3,(H2,22,23). The van der Waals surface area contributed by atoms with Gasteiger partial charge in [0.15, 0.2) is 11.6 Å². The summed E-state index contributed by atoms with van der Waals surface area (Å²) in [5, 5.41) is 8.33. The minimum absolute atomic E-state index is 0.00353. The number of rotatable bonds is 8. The fourth-order valence-electron chi connectivity index (χ4n) is 2.87. The van der Waals surface area contributed by atoms with E-state index in [0.717, 1.165) is 6.42 Å². The first kappa shape index (κ1) is 20.2. The monoisotopic (exact) mass is 406 g/mol. The first-order valence-corrected chi connectivity index (χ1v) is 10.2. The van der Waals surface area contributed by atoms with Crippen LogP contribution in [0.25, 0.3) is 11.1 Å². The lowest BCUT2D eigenvalue weighted by Gasteiger charge is -2.27. The van der Waals surface area contributed by atoms with Crippen molar-refractivity contribution < 1.29 is 18.1 Å². The van der Waals surface area contributed by atoms with Crippen LogP contribution in [0.3, 0.4) is 0 Å². The topological polar surface area (TPSA) is 110 Å². The Bertz CT molecular complexity index is 918. The smallest absolute Gasteiger partial charge is 0.178 e. The highest BCUT2D eigenvalue weighted by molar-refractivity contribution is 7.86. The van der Waals surface area contributed by atoms with E-state index in [1.807, 2.05) is 6.92 Å². The zero-order valence-corrected chi connectivity index (χ0v) is 16.6. The molecule has 0 saturated carbocycles. The van der Waals surface area contributed by atoms with Crippen molar-refractivity contribution in [1.29, 1.82) is 5.41 Å². The molecule has 3 rings (SSSR count). The number of nitrogens with one attached hydrogen (secondary N) is 2. The van der Waals surface area contributed by atoms with Crippen molar-refractivity contribution in [1.82, 2.24) is 4.98 Å². The van der Waals surface area contributed by atoms with Crippen LogP contribution in [0, 0.1) is 17.1 Å².